The van der Waals surface area contributed by atoms with Gasteiger partial charge in [0.05, 0.1) is 22.5 Å². The highest BCUT2D eigenvalue weighted by Crippen LogP contribution is 2.64. The Morgan fingerprint density at radius 3 is 1.17 bits per heavy atom. The maximum absolute atomic E-state index is 2.51. The minimum absolute atomic E-state index is 0.503. The highest BCUT2D eigenvalue weighted by Gasteiger charge is 2.52. The van der Waals surface area contributed by atoms with Crippen molar-refractivity contribution in [1.29, 1.82) is 0 Å². The maximum Gasteiger partial charge on any atom is 0.0726 e. The van der Waals surface area contributed by atoms with Crippen molar-refractivity contribution in [1.82, 2.24) is 0 Å². The van der Waals surface area contributed by atoms with Gasteiger partial charge in [-0.2, -0.15) is 0 Å². The summed E-state index contributed by atoms with van der Waals surface area (Å²) in [5.74, 6) is 0. The van der Waals surface area contributed by atoms with Gasteiger partial charge in [-0.3, -0.25) is 0 Å². The molecule has 0 heterocycles. The molecule has 0 aliphatic heterocycles. The molecule has 0 fully saturated rings. The summed E-state index contributed by atoms with van der Waals surface area (Å²) in [5.41, 5.74) is 20.8. The third-order valence-corrected chi connectivity index (χ3v) is 14.3. The number of anilines is 9. The van der Waals surface area contributed by atoms with Gasteiger partial charge in [0.15, 0.2) is 0 Å². The Balaban J connectivity index is 1.12. The number of aryl methyl sites for hydroxylation is 1. The number of nitrogens with zero attached hydrogens (tertiary/aromatic N) is 3. The van der Waals surface area contributed by atoms with Crippen LogP contribution >= 0.6 is 0 Å². The first-order chi connectivity index (χ1) is 34.1. The lowest BCUT2D eigenvalue weighted by molar-refractivity contribution is 0.793. The number of para-hydroxylation sites is 4. The number of fused-ring (bicyclic) bond motifs is 11. The van der Waals surface area contributed by atoms with Gasteiger partial charge in [0.1, 0.15) is 0 Å². The maximum atomic E-state index is 2.51. The first kappa shape index (κ1) is 40.4. The van der Waals surface area contributed by atoms with E-state index in [-0.39, 0.29) is 0 Å². The Hall–Kier alpha value is -8.92. The van der Waals surface area contributed by atoms with Crippen LogP contribution in [0.3, 0.4) is 0 Å². The SMILES string of the molecule is Cc1cccc2c1-c1ccc(N(c3cc(N(c4ccccc4)c4ccccc4)cc(N(c4ccccc4)c4ccccc4)c3)c3ccc4ccccc4c3)cc1C21c2ccccc2-c2ccccc21. The second-order valence-electron chi connectivity index (χ2n) is 18.2. The van der Waals surface area contributed by atoms with Crippen LogP contribution < -0.4 is 14.7 Å². The lowest BCUT2D eigenvalue weighted by Gasteiger charge is -2.34. The molecule has 3 heteroatoms. The molecule has 0 unspecified atom stereocenters. The molecule has 0 saturated heterocycles. The van der Waals surface area contributed by atoms with E-state index >= 15 is 0 Å². The normalized spacial score (nSPS) is 12.5. The van der Waals surface area contributed by atoms with E-state index in [1.807, 2.05) is 0 Å². The van der Waals surface area contributed by atoms with Gasteiger partial charge in [0, 0.05) is 34.1 Å². The van der Waals surface area contributed by atoms with Crippen LogP contribution in [0.4, 0.5) is 51.2 Å². The minimum Gasteiger partial charge on any atom is -0.310 e. The van der Waals surface area contributed by atoms with Gasteiger partial charge < -0.3 is 14.7 Å². The third-order valence-electron chi connectivity index (χ3n) is 14.3. The fraction of sp³-hybridized carbons (Fsp3) is 0.0303. The Morgan fingerprint density at radius 2 is 0.652 bits per heavy atom. The van der Waals surface area contributed by atoms with E-state index in [0.717, 1.165) is 51.2 Å². The fourth-order valence-electron chi connectivity index (χ4n) is 11.4. The first-order valence-corrected chi connectivity index (χ1v) is 23.8. The summed E-state index contributed by atoms with van der Waals surface area (Å²) in [6, 6.07) is 97.9. The molecule has 11 aromatic rings. The molecule has 0 radical (unpaired) electrons. The summed E-state index contributed by atoms with van der Waals surface area (Å²) < 4.78 is 0. The van der Waals surface area contributed by atoms with E-state index in [1.54, 1.807) is 0 Å². The quantitative estimate of drug-likeness (QED) is 0.143. The second kappa shape index (κ2) is 16.4. The molecule has 0 amide bonds. The van der Waals surface area contributed by atoms with Gasteiger partial charge in [0.25, 0.3) is 0 Å². The van der Waals surface area contributed by atoms with Crippen LogP contribution in [0.25, 0.3) is 33.0 Å². The van der Waals surface area contributed by atoms with Crippen molar-refractivity contribution in [3.8, 4) is 22.3 Å². The van der Waals surface area contributed by atoms with Crippen molar-refractivity contribution in [2.45, 2.75) is 12.3 Å². The Bertz CT molecular complexity index is 3470. The van der Waals surface area contributed by atoms with E-state index in [4.69, 9.17) is 0 Å². The molecular weight excluding hydrogens is 835 g/mol. The summed E-state index contributed by atoms with van der Waals surface area (Å²) in [6.07, 6.45) is 0. The average molecular weight is 882 g/mol. The van der Waals surface area contributed by atoms with Gasteiger partial charge in [-0.05, 0) is 159 Å². The lowest BCUT2D eigenvalue weighted by Crippen LogP contribution is -2.26. The van der Waals surface area contributed by atoms with Crippen LogP contribution in [0.5, 0.6) is 0 Å². The van der Waals surface area contributed by atoms with Crippen LogP contribution in [0, 0.1) is 6.92 Å². The predicted molar refractivity (Wildman–Crippen MR) is 289 cm³/mol. The zero-order chi connectivity index (χ0) is 45.9. The Morgan fingerprint density at radius 1 is 0.246 bits per heavy atom. The summed E-state index contributed by atoms with van der Waals surface area (Å²) in [6.45, 7) is 2.27. The zero-order valence-electron chi connectivity index (χ0n) is 38.2. The molecule has 0 bridgehead atoms. The van der Waals surface area contributed by atoms with Crippen LogP contribution in [-0.4, -0.2) is 0 Å². The van der Waals surface area contributed by atoms with Crippen LogP contribution in [0.1, 0.15) is 27.8 Å². The first-order valence-electron chi connectivity index (χ1n) is 23.8. The summed E-state index contributed by atoms with van der Waals surface area (Å²) >= 11 is 0. The molecular formula is C66H47N3. The fourth-order valence-corrected chi connectivity index (χ4v) is 11.4. The molecule has 3 nitrogen and oxygen atoms in total. The largest absolute Gasteiger partial charge is 0.310 e. The number of hydrogen-bond acceptors (Lipinski definition) is 3. The van der Waals surface area contributed by atoms with Crippen molar-refractivity contribution >= 4 is 62.0 Å². The van der Waals surface area contributed by atoms with E-state index in [2.05, 4.69) is 289 Å². The molecule has 2 aliphatic carbocycles. The summed E-state index contributed by atoms with van der Waals surface area (Å²) in [5, 5.41) is 2.38. The van der Waals surface area contributed by atoms with Gasteiger partial charge in [-0.1, -0.05) is 176 Å². The van der Waals surface area contributed by atoms with Crippen molar-refractivity contribution in [2.75, 3.05) is 14.7 Å². The lowest BCUT2D eigenvalue weighted by atomic mass is 9.70. The van der Waals surface area contributed by atoms with E-state index < -0.39 is 5.41 Å². The third kappa shape index (κ3) is 6.50. The van der Waals surface area contributed by atoms with E-state index in [0.29, 0.717) is 0 Å². The van der Waals surface area contributed by atoms with Crippen molar-refractivity contribution in [2.24, 2.45) is 0 Å². The zero-order valence-corrected chi connectivity index (χ0v) is 38.2. The standard InChI is InChI=1S/C66H47N3/c1-46-21-20-36-63-65(46)60-40-39-54(45-64(60)66(63)61-34-18-16-32-58(61)59-33-17-19-35-62(59)66)69(53-38-37-47-22-14-15-23-48(47)41-53)57-43-55(67(49-24-6-2-7-25-49)50-26-8-3-9-27-50)42-56(44-57)68(51-28-10-4-11-29-51)52-30-12-5-13-31-52/h2-45H,1H3. The highest BCUT2D eigenvalue weighted by molar-refractivity contribution is 5.98. The molecule has 2 aliphatic rings. The van der Waals surface area contributed by atoms with Crippen LogP contribution in [-0.2, 0) is 5.41 Å². The number of benzene rings is 11. The minimum atomic E-state index is -0.503. The number of hydrogen-bond donors (Lipinski definition) is 0. The van der Waals surface area contributed by atoms with Gasteiger partial charge >= 0.3 is 0 Å². The van der Waals surface area contributed by atoms with Crippen molar-refractivity contribution in [3.05, 3.63) is 295 Å². The topological polar surface area (TPSA) is 9.72 Å². The van der Waals surface area contributed by atoms with Gasteiger partial charge in [0.2, 0.25) is 0 Å². The summed E-state index contributed by atoms with van der Waals surface area (Å²) in [7, 11) is 0. The second-order valence-corrected chi connectivity index (χ2v) is 18.2. The van der Waals surface area contributed by atoms with Crippen LogP contribution in [0.2, 0.25) is 0 Å². The highest BCUT2D eigenvalue weighted by atomic mass is 15.2. The molecule has 0 aromatic heterocycles. The van der Waals surface area contributed by atoms with Crippen LogP contribution in [0.15, 0.2) is 267 Å². The average Bonchev–Trinajstić information content (AvgIpc) is 3.88. The monoisotopic (exact) mass is 881 g/mol. The van der Waals surface area contributed by atoms with Gasteiger partial charge in [-0.25, -0.2) is 0 Å². The molecule has 11 aromatic carbocycles. The molecule has 0 N–H and O–H groups in total. The smallest absolute Gasteiger partial charge is 0.0726 e. The van der Waals surface area contributed by atoms with Gasteiger partial charge in [-0.15, -0.1) is 0 Å². The van der Waals surface area contributed by atoms with Crippen molar-refractivity contribution < 1.29 is 0 Å². The van der Waals surface area contributed by atoms with E-state index in [9.17, 15) is 0 Å². The molecule has 0 saturated carbocycles. The molecule has 13 rings (SSSR count). The van der Waals surface area contributed by atoms with Crippen molar-refractivity contribution in [3.63, 3.8) is 0 Å². The predicted octanol–water partition coefficient (Wildman–Crippen LogP) is 17.9. The molecule has 1 spiro atoms. The number of rotatable bonds is 9. The summed E-state index contributed by atoms with van der Waals surface area (Å²) in [4.78, 5) is 7.24. The molecule has 69 heavy (non-hydrogen) atoms. The Labute approximate surface area is 404 Å². The van der Waals surface area contributed by atoms with E-state index in [1.165, 1.54) is 60.8 Å². The Kier molecular flexibility index (Phi) is 9.62. The molecule has 326 valence electrons. The molecule has 0 atom stereocenters.